The molecule has 20 heavy (non-hydrogen) atoms. The normalized spacial score (nSPS) is 10.4. The van der Waals surface area contributed by atoms with Crippen LogP contribution in [-0.4, -0.2) is 15.9 Å². The van der Waals surface area contributed by atoms with Gasteiger partial charge in [-0.15, -0.1) is 0 Å². The molecule has 3 rings (SSSR count). The number of benzene rings is 1. The number of fused-ring (bicyclic) bond motifs is 1. The summed E-state index contributed by atoms with van der Waals surface area (Å²) < 4.78 is 0. The lowest BCUT2D eigenvalue weighted by molar-refractivity contribution is 0.102. The highest BCUT2D eigenvalue weighted by atomic mass is 16.1. The zero-order valence-corrected chi connectivity index (χ0v) is 10.6. The van der Waals surface area contributed by atoms with Gasteiger partial charge in [-0.1, -0.05) is 24.3 Å². The van der Waals surface area contributed by atoms with E-state index in [9.17, 15) is 4.79 Å². The third kappa shape index (κ3) is 2.29. The summed E-state index contributed by atoms with van der Waals surface area (Å²) in [5, 5.41) is 4.72. The molecule has 98 valence electrons. The van der Waals surface area contributed by atoms with Gasteiger partial charge in [0.1, 0.15) is 5.82 Å². The summed E-state index contributed by atoms with van der Waals surface area (Å²) in [6.45, 7) is 0. The number of carbonyl (C=O) groups excluding carboxylic acids is 1. The fourth-order valence-corrected chi connectivity index (χ4v) is 1.93. The first-order chi connectivity index (χ1) is 9.74. The molecule has 0 aliphatic heterocycles. The molecule has 5 nitrogen and oxygen atoms in total. The molecule has 1 aromatic carbocycles. The molecule has 0 saturated carbocycles. The van der Waals surface area contributed by atoms with Gasteiger partial charge < -0.3 is 11.1 Å². The predicted octanol–water partition coefficient (Wildman–Crippen LogP) is 2.46. The van der Waals surface area contributed by atoms with Crippen molar-refractivity contribution < 1.29 is 4.79 Å². The van der Waals surface area contributed by atoms with Gasteiger partial charge in [-0.05, 0) is 23.6 Å². The lowest BCUT2D eigenvalue weighted by atomic mass is 10.2. The Balaban J connectivity index is 1.89. The third-order valence-electron chi connectivity index (χ3n) is 2.93. The van der Waals surface area contributed by atoms with Gasteiger partial charge in [0.2, 0.25) is 0 Å². The van der Waals surface area contributed by atoms with Crippen LogP contribution in [0.3, 0.4) is 0 Å². The first kappa shape index (κ1) is 12.1. The number of nitrogen functional groups attached to an aromatic ring is 1. The van der Waals surface area contributed by atoms with Crippen molar-refractivity contribution in [1.82, 2.24) is 9.97 Å². The molecule has 0 radical (unpaired) electrons. The average molecular weight is 264 g/mol. The highest BCUT2D eigenvalue weighted by molar-refractivity contribution is 6.06. The number of anilines is 2. The molecule has 0 aliphatic rings. The number of pyridine rings is 2. The minimum atomic E-state index is -0.370. The molecule has 0 unspecified atom stereocenters. The second kappa shape index (κ2) is 4.97. The molecule has 2 heterocycles. The Hall–Kier alpha value is -2.95. The van der Waals surface area contributed by atoms with Crippen molar-refractivity contribution in [1.29, 1.82) is 0 Å². The molecule has 2 aromatic heterocycles. The molecule has 5 heteroatoms. The highest BCUT2D eigenvalue weighted by Crippen LogP contribution is 2.17. The molecule has 0 saturated heterocycles. The van der Waals surface area contributed by atoms with Crippen LogP contribution in [0.25, 0.3) is 10.8 Å². The van der Waals surface area contributed by atoms with Crippen LogP contribution >= 0.6 is 0 Å². The van der Waals surface area contributed by atoms with Gasteiger partial charge in [-0.3, -0.25) is 4.79 Å². The SMILES string of the molecule is Nc1cccnc1C(=O)Nc1cc2ccccc2cn1. The zero-order valence-electron chi connectivity index (χ0n) is 10.6. The number of aromatic nitrogens is 2. The van der Waals surface area contributed by atoms with Crippen LogP contribution in [0.2, 0.25) is 0 Å². The Bertz CT molecular complexity index is 785. The number of carbonyl (C=O) groups is 1. The monoisotopic (exact) mass is 264 g/mol. The largest absolute Gasteiger partial charge is 0.397 e. The quantitative estimate of drug-likeness (QED) is 0.745. The van der Waals surface area contributed by atoms with Crippen LogP contribution in [0.15, 0.2) is 54.9 Å². The van der Waals surface area contributed by atoms with E-state index in [1.54, 1.807) is 18.3 Å². The van der Waals surface area contributed by atoms with Crippen molar-refractivity contribution >= 4 is 28.2 Å². The van der Waals surface area contributed by atoms with E-state index >= 15 is 0 Å². The van der Waals surface area contributed by atoms with E-state index < -0.39 is 0 Å². The smallest absolute Gasteiger partial charge is 0.277 e. The van der Waals surface area contributed by atoms with E-state index in [2.05, 4.69) is 15.3 Å². The first-order valence-corrected chi connectivity index (χ1v) is 6.11. The predicted molar refractivity (Wildman–Crippen MR) is 78.3 cm³/mol. The average Bonchev–Trinajstić information content (AvgIpc) is 2.47. The maximum atomic E-state index is 12.1. The summed E-state index contributed by atoms with van der Waals surface area (Å²) in [7, 11) is 0. The number of hydrogen-bond donors (Lipinski definition) is 2. The summed E-state index contributed by atoms with van der Waals surface area (Å²) in [5.41, 5.74) is 6.26. The van der Waals surface area contributed by atoms with E-state index in [0.29, 0.717) is 11.5 Å². The van der Waals surface area contributed by atoms with E-state index in [-0.39, 0.29) is 11.6 Å². The Labute approximate surface area is 115 Å². The molecule has 0 spiro atoms. The molecule has 3 aromatic rings. The van der Waals surface area contributed by atoms with E-state index in [1.165, 1.54) is 6.20 Å². The summed E-state index contributed by atoms with van der Waals surface area (Å²) in [6.07, 6.45) is 3.24. The Morgan fingerprint density at radius 3 is 2.65 bits per heavy atom. The molecule has 0 fully saturated rings. The number of amides is 1. The molecule has 0 atom stereocenters. The van der Waals surface area contributed by atoms with E-state index in [1.807, 2.05) is 30.3 Å². The molecule has 0 aliphatic carbocycles. The second-order valence-corrected chi connectivity index (χ2v) is 4.31. The zero-order chi connectivity index (χ0) is 13.9. The Morgan fingerprint density at radius 1 is 1.05 bits per heavy atom. The van der Waals surface area contributed by atoms with E-state index in [0.717, 1.165) is 10.8 Å². The van der Waals surface area contributed by atoms with Gasteiger partial charge in [-0.2, -0.15) is 0 Å². The molecule has 0 bridgehead atoms. The van der Waals surface area contributed by atoms with Crippen LogP contribution in [0.1, 0.15) is 10.5 Å². The number of hydrogen-bond acceptors (Lipinski definition) is 4. The van der Waals surface area contributed by atoms with Crippen molar-refractivity contribution in [2.45, 2.75) is 0 Å². The Kier molecular flexibility index (Phi) is 3.01. The van der Waals surface area contributed by atoms with Gasteiger partial charge in [0.05, 0.1) is 5.69 Å². The number of nitrogens with two attached hydrogens (primary N) is 1. The van der Waals surface area contributed by atoms with Gasteiger partial charge >= 0.3 is 0 Å². The summed E-state index contributed by atoms with van der Waals surface area (Å²) in [6, 6.07) is 12.9. The van der Waals surface area contributed by atoms with Gasteiger partial charge in [-0.25, -0.2) is 9.97 Å². The highest BCUT2D eigenvalue weighted by Gasteiger charge is 2.11. The van der Waals surface area contributed by atoms with Gasteiger partial charge in [0, 0.05) is 17.8 Å². The maximum Gasteiger partial charge on any atom is 0.277 e. The summed E-state index contributed by atoms with van der Waals surface area (Å²) in [5.74, 6) is 0.102. The summed E-state index contributed by atoms with van der Waals surface area (Å²) >= 11 is 0. The fourth-order valence-electron chi connectivity index (χ4n) is 1.93. The standard InChI is InChI=1S/C15H12N4O/c16-12-6-3-7-17-14(12)15(20)19-13-8-10-4-1-2-5-11(10)9-18-13/h1-9H,16H2,(H,18,19,20). The van der Waals surface area contributed by atoms with Crippen LogP contribution < -0.4 is 11.1 Å². The van der Waals surface area contributed by atoms with Crippen LogP contribution in [0.5, 0.6) is 0 Å². The van der Waals surface area contributed by atoms with Crippen molar-refractivity contribution in [2.24, 2.45) is 0 Å². The Morgan fingerprint density at radius 2 is 1.85 bits per heavy atom. The minimum absolute atomic E-state index is 0.197. The summed E-state index contributed by atoms with van der Waals surface area (Å²) in [4.78, 5) is 20.3. The van der Waals surface area contributed by atoms with Crippen LogP contribution in [-0.2, 0) is 0 Å². The van der Waals surface area contributed by atoms with Crippen LogP contribution in [0, 0.1) is 0 Å². The molecule has 3 N–H and O–H groups in total. The van der Waals surface area contributed by atoms with Crippen molar-refractivity contribution in [3.8, 4) is 0 Å². The number of nitrogens with zero attached hydrogens (tertiary/aromatic N) is 2. The second-order valence-electron chi connectivity index (χ2n) is 4.31. The van der Waals surface area contributed by atoms with Crippen molar-refractivity contribution in [2.75, 3.05) is 11.1 Å². The van der Waals surface area contributed by atoms with Crippen molar-refractivity contribution in [3.05, 3.63) is 60.6 Å². The topological polar surface area (TPSA) is 80.9 Å². The van der Waals surface area contributed by atoms with E-state index in [4.69, 9.17) is 5.73 Å². The number of rotatable bonds is 2. The van der Waals surface area contributed by atoms with Gasteiger partial charge in [0.15, 0.2) is 5.69 Å². The lowest BCUT2D eigenvalue weighted by Gasteiger charge is -2.06. The molecule has 1 amide bonds. The minimum Gasteiger partial charge on any atom is -0.397 e. The first-order valence-electron chi connectivity index (χ1n) is 6.11. The molecular formula is C15H12N4O. The number of nitrogens with one attached hydrogen (secondary N) is 1. The van der Waals surface area contributed by atoms with Crippen LogP contribution in [0.4, 0.5) is 11.5 Å². The molecular weight excluding hydrogens is 252 g/mol. The van der Waals surface area contributed by atoms with Crippen molar-refractivity contribution in [3.63, 3.8) is 0 Å². The van der Waals surface area contributed by atoms with Gasteiger partial charge in [0.25, 0.3) is 5.91 Å². The lowest BCUT2D eigenvalue weighted by Crippen LogP contribution is -2.16. The maximum absolute atomic E-state index is 12.1. The fraction of sp³-hybridized carbons (Fsp3) is 0. The third-order valence-corrected chi connectivity index (χ3v) is 2.93.